The summed E-state index contributed by atoms with van der Waals surface area (Å²) in [7, 11) is 1.25. The third-order valence-electron chi connectivity index (χ3n) is 2.13. The molecule has 0 radical (unpaired) electrons. The summed E-state index contributed by atoms with van der Waals surface area (Å²) < 4.78 is 28.7. The number of ether oxygens (including phenoxy) is 1. The zero-order chi connectivity index (χ0) is 18.1. The van der Waals surface area contributed by atoms with E-state index < -0.39 is 6.61 Å². The van der Waals surface area contributed by atoms with Crippen molar-refractivity contribution >= 4 is 17.9 Å². The number of nitrogens with zero attached hydrogens (tertiary/aromatic N) is 5. The lowest BCUT2D eigenvalue weighted by Gasteiger charge is -2.15. The fourth-order valence-electron chi connectivity index (χ4n) is 1.32. The first-order chi connectivity index (χ1) is 11.3. The van der Waals surface area contributed by atoms with E-state index in [0.29, 0.717) is 12.3 Å². The zero-order valence-electron chi connectivity index (χ0n) is 13.2. The predicted octanol–water partition coefficient (Wildman–Crippen LogP) is -0.0332. The van der Waals surface area contributed by atoms with Crippen molar-refractivity contribution in [1.29, 1.82) is 0 Å². The number of aryl methyl sites for hydroxylation is 1. The molecule has 0 saturated carbocycles. The van der Waals surface area contributed by atoms with Gasteiger partial charge in [-0.1, -0.05) is 5.17 Å². The largest absolute Gasteiger partial charge is 0.417 e. The Hall–Kier alpha value is -2.80. The first-order valence-corrected chi connectivity index (χ1v) is 6.56. The Labute approximate surface area is 136 Å². The molecule has 0 unspecified atom stereocenters. The van der Waals surface area contributed by atoms with Gasteiger partial charge < -0.3 is 16.2 Å². The number of nitrogens with one attached hydrogen (secondary N) is 1. The highest BCUT2D eigenvalue weighted by atomic mass is 19.3. The van der Waals surface area contributed by atoms with Gasteiger partial charge in [0, 0.05) is 11.8 Å². The molecular formula is C11H18F2N8O3. The fourth-order valence-corrected chi connectivity index (χ4v) is 1.32. The summed E-state index contributed by atoms with van der Waals surface area (Å²) in [6.07, 6.45) is 0. The van der Waals surface area contributed by atoms with E-state index in [4.69, 9.17) is 21.1 Å². The van der Waals surface area contributed by atoms with Crippen molar-refractivity contribution in [2.24, 2.45) is 21.6 Å². The van der Waals surface area contributed by atoms with Crippen LogP contribution >= 0.6 is 0 Å². The lowest BCUT2D eigenvalue weighted by atomic mass is 10.4. The van der Waals surface area contributed by atoms with E-state index >= 15 is 0 Å². The number of hydrazone groups is 1. The molecular weight excluding hydrogens is 330 g/mol. The molecule has 0 fully saturated rings. The van der Waals surface area contributed by atoms with Gasteiger partial charge in [0.1, 0.15) is 0 Å². The van der Waals surface area contributed by atoms with Gasteiger partial charge in [0.15, 0.2) is 0 Å². The number of halogens is 2. The van der Waals surface area contributed by atoms with Crippen LogP contribution in [-0.4, -0.2) is 47.4 Å². The van der Waals surface area contributed by atoms with E-state index in [2.05, 4.69) is 30.3 Å². The molecule has 0 atom stereocenters. The number of hydrogen-bond acceptors (Lipinski definition) is 7. The highest BCUT2D eigenvalue weighted by molar-refractivity contribution is 5.82. The Morgan fingerprint density at radius 2 is 2.12 bits per heavy atom. The molecule has 0 aromatic carbocycles. The number of guanidine groups is 2. The lowest BCUT2D eigenvalue weighted by molar-refractivity contribution is -0.0661. The first-order valence-electron chi connectivity index (χ1n) is 6.56. The molecule has 11 nitrogen and oxygen atoms in total. The van der Waals surface area contributed by atoms with E-state index in [1.165, 1.54) is 13.2 Å². The van der Waals surface area contributed by atoms with Gasteiger partial charge in [0.25, 0.3) is 5.95 Å². The van der Waals surface area contributed by atoms with Crippen molar-refractivity contribution in [3.8, 4) is 5.88 Å². The lowest BCUT2D eigenvalue weighted by Crippen LogP contribution is -2.39. The Balaban J connectivity index is 2.98. The predicted molar refractivity (Wildman–Crippen MR) is 79.9 cm³/mol. The van der Waals surface area contributed by atoms with Gasteiger partial charge in [-0.2, -0.15) is 18.8 Å². The van der Waals surface area contributed by atoms with Crippen LogP contribution in [0.1, 0.15) is 12.6 Å². The normalized spacial score (nSPS) is 12.4. The van der Waals surface area contributed by atoms with Crippen molar-refractivity contribution in [3.63, 3.8) is 0 Å². The third-order valence-corrected chi connectivity index (χ3v) is 2.13. The summed E-state index contributed by atoms with van der Waals surface area (Å²) in [5.74, 6) is -1.05. The van der Waals surface area contributed by atoms with E-state index in [1.54, 1.807) is 13.8 Å². The second-order valence-corrected chi connectivity index (χ2v) is 3.97. The van der Waals surface area contributed by atoms with Crippen molar-refractivity contribution < 1.29 is 23.2 Å². The number of rotatable bonds is 7. The molecule has 5 N–H and O–H groups in total. The SMILES string of the molecule is CCONC(N)=NN(OC)C(N)=Nc1nc(C)cc(OC(F)F)n1. The molecule has 0 amide bonds. The molecule has 0 saturated heterocycles. The topological polar surface area (TPSA) is 146 Å². The van der Waals surface area contributed by atoms with E-state index in [9.17, 15) is 8.78 Å². The van der Waals surface area contributed by atoms with E-state index in [0.717, 1.165) is 5.17 Å². The number of nitrogens with two attached hydrogens (primary N) is 2. The summed E-state index contributed by atoms with van der Waals surface area (Å²) in [6, 6.07) is 1.22. The Morgan fingerprint density at radius 1 is 1.42 bits per heavy atom. The monoisotopic (exact) mass is 348 g/mol. The van der Waals surface area contributed by atoms with Crippen LogP contribution in [0.15, 0.2) is 16.2 Å². The quantitative estimate of drug-likeness (QED) is 0.351. The van der Waals surface area contributed by atoms with Gasteiger partial charge in [-0.25, -0.2) is 10.5 Å². The van der Waals surface area contributed by atoms with Crippen molar-refractivity contribution in [2.45, 2.75) is 20.5 Å². The second kappa shape index (κ2) is 9.36. The van der Waals surface area contributed by atoms with Crippen LogP contribution in [0, 0.1) is 6.92 Å². The Bertz CT molecular complexity index is 599. The van der Waals surface area contributed by atoms with Crippen molar-refractivity contribution in [2.75, 3.05) is 13.7 Å². The summed E-state index contributed by atoms with van der Waals surface area (Å²) >= 11 is 0. The van der Waals surface area contributed by atoms with Crippen LogP contribution in [0.3, 0.4) is 0 Å². The van der Waals surface area contributed by atoms with Crippen LogP contribution in [0.4, 0.5) is 14.7 Å². The average Bonchev–Trinajstić information content (AvgIpc) is 2.49. The average molecular weight is 348 g/mol. The molecule has 24 heavy (non-hydrogen) atoms. The van der Waals surface area contributed by atoms with Gasteiger partial charge in [-0.3, -0.25) is 9.68 Å². The van der Waals surface area contributed by atoms with Crippen LogP contribution in [0.5, 0.6) is 5.88 Å². The Morgan fingerprint density at radius 3 is 2.71 bits per heavy atom. The summed E-state index contributed by atoms with van der Waals surface area (Å²) in [4.78, 5) is 21.1. The number of hydrogen-bond donors (Lipinski definition) is 3. The molecule has 134 valence electrons. The fraction of sp³-hybridized carbons (Fsp3) is 0.455. The molecule has 1 heterocycles. The molecule has 1 rings (SSSR count). The van der Waals surface area contributed by atoms with Gasteiger partial charge in [-0.15, -0.1) is 5.10 Å². The van der Waals surface area contributed by atoms with Crippen LogP contribution < -0.4 is 21.7 Å². The smallest absolute Gasteiger partial charge is 0.388 e. The highest BCUT2D eigenvalue weighted by Crippen LogP contribution is 2.16. The molecule has 0 aliphatic carbocycles. The van der Waals surface area contributed by atoms with Gasteiger partial charge in [0.2, 0.25) is 17.8 Å². The summed E-state index contributed by atoms with van der Waals surface area (Å²) in [5, 5.41) is 4.48. The van der Waals surface area contributed by atoms with Crippen molar-refractivity contribution in [1.82, 2.24) is 20.6 Å². The summed E-state index contributed by atoms with van der Waals surface area (Å²) in [6.45, 7) is 0.596. The second-order valence-electron chi connectivity index (χ2n) is 3.97. The molecule has 0 aliphatic heterocycles. The number of alkyl halides is 2. The van der Waals surface area contributed by atoms with Gasteiger partial charge in [0.05, 0.1) is 13.7 Å². The Kier molecular flexibility index (Phi) is 7.51. The van der Waals surface area contributed by atoms with E-state index in [1.807, 2.05) is 0 Å². The summed E-state index contributed by atoms with van der Waals surface area (Å²) in [5.41, 5.74) is 13.9. The molecule has 13 heteroatoms. The maximum atomic E-state index is 12.3. The third kappa shape index (κ3) is 6.53. The minimum atomic E-state index is -3.03. The maximum absolute atomic E-state index is 12.3. The first kappa shape index (κ1) is 19.2. The van der Waals surface area contributed by atoms with Crippen molar-refractivity contribution in [3.05, 3.63) is 11.8 Å². The molecule has 1 aromatic rings. The minimum Gasteiger partial charge on any atom is -0.417 e. The van der Waals surface area contributed by atoms with E-state index in [-0.39, 0.29) is 23.7 Å². The van der Waals surface area contributed by atoms with Crippen LogP contribution in [0.25, 0.3) is 0 Å². The zero-order valence-corrected chi connectivity index (χ0v) is 13.2. The van der Waals surface area contributed by atoms with Gasteiger partial charge >= 0.3 is 6.61 Å². The molecule has 1 aromatic heterocycles. The minimum absolute atomic E-state index is 0.163. The van der Waals surface area contributed by atoms with Crippen LogP contribution in [0.2, 0.25) is 0 Å². The van der Waals surface area contributed by atoms with Gasteiger partial charge in [-0.05, 0) is 13.8 Å². The number of aromatic nitrogens is 2. The number of aliphatic imine (C=N–C) groups is 1. The maximum Gasteiger partial charge on any atom is 0.388 e. The molecule has 0 aliphatic rings. The van der Waals surface area contributed by atoms with Crippen LogP contribution in [-0.2, 0) is 9.68 Å². The molecule has 0 spiro atoms. The number of hydroxylamine groups is 2. The highest BCUT2D eigenvalue weighted by Gasteiger charge is 2.11. The standard InChI is InChI=1S/C11H18F2N8O3/c1-4-23-20-9(14)19-21(22-3)10(15)18-11-16-6(2)5-7(17-11)24-8(12)13/h5,8H,4H2,1-3H3,(H3,14,19,20)(H2,15,16,17,18). The molecule has 0 bridgehead atoms.